The highest BCUT2D eigenvalue weighted by molar-refractivity contribution is 5.59. The lowest BCUT2D eigenvalue weighted by atomic mass is 9.72. The van der Waals surface area contributed by atoms with Crippen LogP contribution in [0.15, 0.2) is 0 Å². The van der Waals surface area contributed by atoms with E-state index < -0.39 is 0 Å². The molecule has 21 heavy (non-hydrogen) atoms. The maximum Gasteiger partial charge on any atom is 0.129 e. The van der Waals surface area contributed by atoms with E-state index in [1.54, 1.807) is 0 Å². The Labute approximate surface area is 127 Å². The van der Waals surface area contributed by atoms with Crippen molar-refractivity contribution >= 4 is 0 Å². The maximum atomic E-state index is 10.4. The fourth-order valence-electron chi connectivity index (χ4n) is 3.67. The van der Waals surface area contributed by atoms with E-state index in [2.05, 4.69) is 13.8 Å². The van der Waals surface area contributed by atoms with Gasteiger partial charge in [-0.2, -0.15) is 0 Å². The van der Waals surface area contributed by atoms with Gasteiger partial charge in [-0.3, -0.25) is 0 Å². The third-order valence-corrected chi connectivity index (χ3v) is 5.16. The molecule has 3 nitrogen and oxygen atoms in total. The molecular formula is C18H26O3. The Kier molecular flexibility index (Phi) is 3.44. The minimum Gasteiger partial charge on any atom is -0.507 e. The predicted octanol–water partition coefficient (Wildman–Crippen LogP) is 4.49. The van der Waals surface area contributed by atoms with Crippen LogP contribution in [0.25, 0.3) is 0 Å². The van der Waals surface area contributed by atoms with E-state index in [9.17, 15) is 5.11 Å². The molecule has 1 N–H and O–H groups in total. The topological polar surface area (TPSA) is 38.7 Å². The van der Waals surface area contributed by atoms with Gasteiger partial charge >= 0.3 is 0 Å². The molecule has 3 rings (SSSR count). The minimum absolute atomic E-state index is 0.0271. The standard InChI is InChI=1S/C18H26O3/c1-10(2)20-14-9-18(7-6-8-18)21-17-12(4)11(3)16(19)13(5)15(14)17/h10,14,19H,6-9H2,1-5H3. The second kappa shape index (κ2) is 4.91. The molecule has 116 valence electrons. The Hall–Kier alpha value is -1.22. The Balaban J connectivity index is 2.14. The number of ether oxygens (including phenoxy) is 2. The summed E-state index contributed by atoms with van der Waals surface area (Å²) in [5, 5.41) is 10.4. The quantitative estimate of drug-likeness (QED) is 0.872. The molecule has 1 unspecified atom stereocenters. The summed E-state index contributed by atoms with van der Waals surface area (Å²) in [6.07, 6.45) is 4.56. The van der Waals surface area contributed by atoms with Crippen molar-refractivity contribution in [1.29, 1.82) is 0 Å². The van der Waals surface area contributed by atoms with Crippen LogP contribution in [0.5, 0.6) is 11.5 Å². The lowest BCUT2D eigenvalue weighted by Gasteiger charge is -2.49. The average Bonchev–Trinajstić information content (AvgIpc) is 2.39. The number of phenols is 1. The highest BCUT2D eigenvalue weighted by Gasteiger charge is 2.47. The van der Waals surface area contributed by atoms with Gasteiger partial charge in [-0.25, -0.2) is 0 Å². The van der Waals surface area contributed by atoms with Gasteiger partial charge in [0.2, 0.25) is 0 Å². The molecule has 1 atom stereocenters. The molecule has 2 aliphatic rings. The molecule has 0 aromatic heterocycles. The largest absolute Gasteiger partial charge is 0.507 e. The summed E-state index contributed by atoms with van der Waals surface area (Å²) in [6.45, 7) is 10.1. The first-order chi connectivity index (χ1) is 9.84. The van der Waals surface area contributed by atoms with E-state index in [4.69, 9.17) is 9.47 Å². The van der Waals surface area contributed by atoms with Crippen LogP contribution in [0, 0.1) is 20.8 Å². The lowest BCUT2D eigenvalue weighted by Crippen LogP contribution is -2.48. The van der Waals surface area contributed by atoms with Crippen molar-refractivity contribution in [3.63, 3.8) is 0 Å². The van der Waals surface area contributed by atoms with Crippen molar-refractivity contribution in [1.82, 2.24) is 0 Å². The zero-order valence-corrected chi connectivity index (χ0v) is 13.7. The molecule has 1 aliphatic carbocycles. The van der Waals surface area contributed by atoms with E-state index in [0.717, 1.165) is 47.3 Å². The van der Waals surface area contributed by atoms with Crippen LogP contribution in [0.3, 0.4) is 0 Å². The minimum atomic E-state index is -0.0346. The molecule has 1 aromatic rings. The second-order valence-electron chi connectivity index (χ2n) is 6.98. The number of fused-ring (bicyclic) bond motifs is 1. The Bertz CT molecular complexity index is 571. The summed E-state index contributed by atoms with van der Waals surface area (Å²) in [7, 11) is 0. The Morgan fingerprint density at radius 1 is 1.14 bits per heavy atom. The van der Waals surface area contributed by atoms with Crippen molar-refractivity contribution in [3.8, 4) is 11.5 Å². The average molecular weight is 290 g/mol. The summed E-state index contributed by atoms with van der Waals surface area (Å²) < 4.78 is 12.6. The summed E-state index contributed by atoms with van der Waals surface area (Å²) in [5.41, 5.74) is 3.91. The highest BCUT2D eigenvalue weighted by atomic mass is 16.5. The molecule has 1 spiro atoms. The predicted molar refractivity (Wildman–Crippen MR) is 83.1 cm³/mol. The van der Waals surface area contributed by atoms with Crippen LogP contribution >= 0.6 is 0 Å². The van der Waals surface area contributed by atoms with Gasteiger partial charge in [0.05, 0.1) is 12.2 Å². The molecule has 1 aromatic carbocycles. The molecule has 0 radical (unpaired) electrons. The first-order valence-electron chi connectivity index (χ1n) is 8.02. The van der Waals surface area contributed by atoms with Gasteiger partial charge in [-0.1, -0.05) is 0 Å². The van der Waals surface area contributed by atoms with Crippen molar-refractivity contribution in [2.75, 3.05) is 0 Å². The third kappa shape index (κ3) is 2.22. The lowest BCUT2D eigenvalue weighted by molar-refractivity contribution is -0.101. The SMILES string of the molecule is Cc1c(C)c2c(c(C)c1O)C(OC(C)C)CC1(CCC1)O2. The van der Waals surface area contributed by atoms with Gasteiger partial charge in [0.1, 0.15) is 17.1 Å². The van der Waals surface area contributed by atoms with E-state index in [-0.39, 0.29) is 17.8 Å². The third-order valence-electron chi connectivity index (χ3n) is 5.16. The molecule has 3 heteroatoms. The van der Waals surface area contributed by atoms with Crippen LogP contribution in [0.4, 0.5) is 0 Å². The maximum absolute atomic E-state index is 10.4. The zero-order chi connectivity index (χ0) is 15.4. The molecule has 0 amide bonds. The number of phenolic OH excluding ortho intramolecular Hbond substituents is 1. The molecular weight excluding hydrogens is 264 g/mol. The van der Waals surface area contributed by atoms with E-state index in [1.165, 1.54) is 6.42 Å². The second-order valence-corrected chi connectivity index (χ2v) is 6.98. The molecule has 1 heterocycles. The normalized spacial score (nSPS) is 22.9. The van der Waals surface area contributed by atoms with Gasteiger partial charge in [-0.05, 0) is 65.0 Å². The van der Waals surface area contributed by atoms with Crippen LogP contribution in [-0.4, -0.2) is 16.8 Å². The fourth-order valence-corrected chi connectivity index (χ4v) is 3.67. The van der Waals surface area contributed by atoms with Gasteiger partial charge < -0.3 is 14.6 Å². The summed E-state index contributed by atoms with van der Waals surface area (Å²) >= 11 is 0. The van der Waals surface area contributed by atoms with E-state index in [1.807, 2.05) is 20.8 Å². The first kappa shape index (κ1) is 14.7. The van der Waals surface area contributed by atoms with Crippen molar-refractivity contribution < 1.29 is 14.6 Å². The van der Waals surface area contributed by atoms with Crippen LogP contribution in [-0.2, 0) is 4.74 Å². The van der Waals surface area contributed by atoms with Crippen LogP contribution in [0.2, 0.25) is 0 Å². The first-order valence-corrected chi connectivity index (χ1v) is 8.02. The number of hydrogen-bond donors (Lipinski definition) is 1. The highest BCUT2D eigenvalue weighted by Crippen LogP contribution is 2.54. The van der Waals surface area contributed by atoms with Crippen molar-refractivity contribution in [3.05, 3.63) is 22.3 Å². The van der Waals surface area contributed by atoms with E-state index in [0.29, 0.717) is 5.75 Å². The van der Waals surface area contributed by atoms with Gasteiger partial charge in [0.15, 0.2) is 0 Å². The van der Waals surface area contributed by atoms with Gasteiger partial charge in [0, 0.05) is 17.5 Å². The number of benzene rings is 1. The monoisotopic (exact) mass is 290 g/mol. The van der Waals surface area contributed by atoms with Gasteiger partial charge in [0.25, 0.3) is 0 Å². The molecule has 1 aliphatic heterocycles. The molecule has 1 fully saturated rings. The van der Waals surface area contributed by atoms with E-state index >= 15 is 0 Å². The summed E-state index contributed by atoms with van der Waals surface area (Å²) in [6, 6.07) is 0. The number of hydrogen-bond acceptors (Lipinski definition) is 3. The Morgan fingerprint density at radius 2 is 1.81 bits per heavy atom. The summed E-state index contributed by atoms with van der Waals surface area (Å²) in [4.78, 5) is 0. The Morgan fingerprint density at radius 3 is 2.33 bits per heavy atom. The smallest absolute Gasteiger partial charge is 0.129 e. The summed E-state index contributed by atoms with van der Waals surface area (Å²) in [5.74, 6) is 1.34. The van der Waals surface area contributed by atoms with Crippen molar-refractivity contribution in [2.24, 2.45) is 0 Å². The molecule has 0 saturated heterocycles. The zero-order valence-electron chi connectivity index (χ0n) is 13.7. The molecule has 0 bridgehead atoms. The number of rotatable bonds is 2. The van der Waals surface area contributed by atoms with Gasteiger partial charge in [-0.15, -0.1) is 0 Å². The fraction of sp³-hybridized carbons (Fsp3) is 0.667. The van der Waals surface area contributed by atoms with Crippen LogP contribution in [0.1, 0.15) is 67.9 Å². The van der Waals surface area contributed by atoms with Crippen molar-refractivity contribution in [2.45, 2.75) is 78.1 Å². The number of aromatic hydroxyl groups is 1. The van der Waals surface area contributed by atoms with Crippen LogP contribution < -0.4 is 4.74 Å². The molecule has 1 saturated carbocycles.